The van der Waals surface area contributed by atoms with Crippen LogP contribution in [0.25, 0.3) is 5.65 Å². The zero-order valence-electron chi connectivity index (χ0n) is 16.2. The zero-order valence-corrected chi connectivity index (χ0v) is 16.2. The van der Waals surface area contributed by atoms with Crippen molar-refractivity contribution in [3.05, 3.63) is 67.1 Å². The number of benzene rings is 1. The second-order valence-corrected chi connectivity index (χ2v) is 7.25. The topological polar surface area (TPSA) is 146 Å². The number of nitro groups is 2. The summed E-state index contributed by atoms with van der Waals surface area (Å²) in [6, 6.07) is 3.78. The lowest BCUT2D eigenvalue weighted by Gasteiger charge is -2.10. The summed E-state index contributed by atoms with van der Waals surface area (Å²) in [6.07, 6.45) is -3.32. The molecule has 2 heterocycles. The highest BCUT2D eigenvalue weighted by Crippen LogP contribution is 2.41. The van der Waals surface area contributed by atoms with Gasteiger partial charge in [-0.3, -0.25) is 25.0 Å². The molecule has 1 amide bonds. The predicted molar refractivity (Wildman–Crippen MR) is 102 cm³/mol. The van der Waals surface area contributed by atoms with E-state index < -0.39 is 44.7 Å². The number of anilines is 1. The lowest BCUT2D eigenvalue weighted by atomic mass is 10.1. The normalized spacial score (nSPS) is 13.9. The number of nitro benzene ring substituents is 2. The predicted octanol–water partition coefficient (Wildman–Crippen LogP) is 4.00. The average Bonchev–Trinajstić information content (AvgIpc) is 3.45. The van der Waals surface area contributed by atoms with Crippen molar-refractivity contribution in [3.8, 4) is 0 Å². The van der Waals surface area contributed by atoms with E-state index in [4.69, 9.17) is 0 Å². The molecule has 3 aromatic rings. The van der Waals surface area contributed by atoms with E-state index in [1.54, 1.807) is 0 Å². The molecule has 1 aliphatic rings. The van der Waals surface area contributed by atoms with Crippen molar-refractivity contribution in [1.29, 1.82) is 0 Å². The summed E-state index contributed by atoms with van der Waals surface area (Å²) in [4.78, 5) is 37.4. The van der Waals surface area contributed by atoms with Gasteiger partial charge in [0.25, 0.3) is 17.3 Å². The van der Waals surface area contributed by atoms with Crippen LogP contribution < -0.4 is 5.32 Å². The molecule has 0 saturated heterocycles. The van der Waals surface area contributed by atoms with Gasteiger partial charge in [0, 0.05) is 29.8 Å². The fourth-order valence-electron chi connectivity index (χ4n) is 3.23. The van der Waals surface area contributed by atoms with Gasteiger partial charge in [-0.15, -0.1) is 0 Å². The van der Waals surface area contributed by atoms with Crippen LogP contribution in [0.2, 0.25) is 0 Å². The Balaban J connectivity index is 1.74. The van der Waals surface area contributed by atoms with Crippen LogP contribution >= 0.6 is 0 Å². The zero-order chi connectivity index (χ0) is 23.4. The third-order valence-corrected chi connectivity index (χ3v) is 4.97. The maximum absolute atomic E-state index is 13.5. The Morgan fingerprint density at radius 2 is 1.72 bits per heavy atom. The SMILES string of the molecule is Cc1c([N+](=O)[O-])cc(NC(=O)c2cc3nc(C4CC4)cc(C(F)(F)F)n3n2)cc1[N+](=O)[O-]. The minimum absolute atomic E-state index is 0.0815. The van der Waals surface area contributed by atoms with Crippen molar-refractivity contribution in [2.24, 2.45) is 0 Å². The van der Waals surface area contributed by atoms with Crippen LogP contribution in [0.15, 0.2) is 24.3 Å². The third kappa shape index (κ3) is 3.81. The molecular weight excluding hydrogens is 437 g/mol. The van der Waals surface area contributed by atoms with E-state index in [9.17, 15) is 38.2 Å². The number of hydrogen-bond donors (Lipinski definition) is 1. The van der Waals surface area contributed by atoms with Gasteiger partial charge in [-0.1, -0.05) is 0 Å². The highest BCUT2D eigenvalue weighted by molar-refractivity contribution is 6.04. The van der Waals surface area contributed by atoms with Crippen molar-refractivity contribution < 1.29 is 27.8 Å². The molecule has 1 aromatic carbocycles. The van der Waals surface area contributed by atoms with Crippen LogP contribution in [0.3, 0.4) is 0 Å². The number of alkyl halides is 3. The minimum atomic E-state index is -4.75. The number of halogens is 3. The van der Waals surface area contributed by atoms with Gasteiger partial charge >= 0.3 is 6.18 Å². The fourth-order valence-corrected chi connectivity index (χ4v) is 3.23. The van der Waals surface area contributed by atoms with Gasteiger partial charge in [-0.05, 0) is 25.8 Å². The Morgan fingerprint density at radius 1 is 1.12 bits per heavy atom. The molecule has 4 rings (SSSR count). The lowest BCUT2D eigenvalue weighted by Crippen LogP contribution is -2.16. The van der Waals surface area contributed by atoms with Crippen molar-refractivity contribution >= 4 is 28.6 Å². The molecule has 32 heavy (non-hydrogen) atoms. The van der Waals surface area contributed by atoms with E-state index in [1.165, 1.54) is 6.92 Å². The van der Waals surface area contributed by atoms with Crippen molar-refractivity contribution in [2.75, 3.05) is 5.32 Å². The van der Waals surface area contributed by atoms with E-state index in [0.717, 1.165) is 24.3 Å². The van der Waals surface area contributed by atoms with Gasteiger partial charge in [0.15, 0.2) is 11.3 Å². The standard InChI is InChI=1S/C18H13F3N6O5/c1-8-13(26(29)30)4-10(5-14(8)27(31)32)22-17(28)12-7-16-23-11(9-2-3-9)6-15(18(19,20)21)25(16)24-12/h4-7,9H,2-3H2,1H3,(H,22,28). The van der Waals surface area contributed by atoms with E-state index in [2.05, 4.69) is 15.4 Å². The molecule has 2 aromatic heterocycles. The Labute approximate surface area is 176 Å². The van der Waals surface area contributed by atoms with Crippen LogP contribution in [0, 0.1) is 27.2 Å². The summed E-state index contributed by atoms with van der Waals surface area (Å²) < 4.78 is 41.0. The van der Waals surface area contributed by atoms with Gasteiger partial charge in [0.2, 0.25) is 0 Å². The second kappa shape index (κ2) is 7.25. The molecule has 1 fully saturated rings. The summed E-state index contributed by atoms with van der Waals surface area (Å²) in [6.45, 7) is 1.19. The summed E-state index contributed by atoms with van der Waals surface area (Å²) in [5.41, 5.74) is -3.16. The van der Waals surface area contributed by atoms with Crippen molar-refractivity contribution in [2.45, 2.75) is 31.9 Å². The quantitative estimate of drug-likeness (QED) is 0.457. The molecule has 0 radical (unpaired) electrons. The van der Waals surface area contributed by atoms with Gasteiger partial charge in [0.1, 0.15) is 11.3 Å². The molecule has 0 bridgehead atoms. The molecule has 0 aliphatic heterocycles. The number of carbonyl (C=O) groups excluding carboxylic acids is 1. The third-order valence-electron chi connectivity index (χ3n) is 4.97. The molecule has 14 heteroatoms. The maximum atomic E-state index is 13.5. The van der Waals surface area contributed by atoms with Crippen LogP contribution in [-0.4, -0.2) is 30.4 Å². The molecule has 1 N–H and O–H groups in total. The molecule has 1 saturated carbocycles. The van der Waals surface area contributed by atoms with E-state index >= 15 is 0 Å². The van der Waals surface area contributed by atoms with Crippen molar-refractivity contribution in [3.63, 3.8) is 0 Å². The minimum Gasteiger partial charge on any atom is -0.320 e. The van der Waals surface area contributed by atoms with E-state index in [0.29, 0.717) is 17.4 Å². The largest absolute Gasteiger partial charge is 0.433 e. The molecule has 0 spiro atoms. The Morgan fingerprint density at radius 3 is 2.22 bits per heavy atom. The number of nitrogens with one attached hydrogen (secondary N) is 1. The maximum Gasteiger partial charge on any atom is 0.433 e. The number of carbonyl (C=O) groups is 1. The molecule has 1 aliphatic carbocycles. The number of nitrogens with zero attached hydrogens (tertiary/aromatic N) is 5. The molecule has 166 valence electrons. The number of rotatable bonds is 5. The first kappa shape index (κ1) is 21.1. The molecule has 0 unspecified atom stereocenters. The van der Waals surface area contributed by atoms with Crippen LogP contribution in [0.1, 0.15) is 46.2 Å². The number of aromatic nitrogens is 3. The lowest BCUT2D eigenvalue weighted by molar-refractivity contribution is -0.395. The first-order valence-electron chi connectivity index (χ1n) is 9.18. The average molecular weight is 450 g/mol. The number of hydrogen-bond acceptors (Lipinski definition) is 7. The first-order valence-corrected chi connectivity index (χ1v) is 9.18. The molecule has 11 nitrogen and oxygen atoms in total. The van der Waals surface area contributed by atoms with Gasteiger partial charge in [0.05, 0.1) is 15.5 Å². The van der Waals surface area contributed by atoms with E-state index in [1.807, 2.05) is 0 Å². The Hall–Kier alpha value is -4.10. The van der Waals surface area contributed by atoms with Gasteiger partial charge in [-0.25, -0.2) is 9.50 Å². The highest BCUT2D eigenvalue weighted by Gasteiger charge is 2.37. The van der Waals surface area contributed by atoms with Crippen LogP contribution in [0.4, 0.5) is 30.2 Å². The highest BCUT2D eigenvalue weighted by atomic mass is 19.4. The monoisotopic (exact) mass is 450 g/mol. The fraction of sp³-hybridized carbons (Fsp3) is 0.278. The second-order valence-electron chi connectivity index (χ2n) is 7.25. The summed E-state index contributed by atoms with van der Waals surface area (Å²) in [5.74, 6) is -1.09. The molecule has 0 atom stereocenters. The summed E-state index contributed by atoms with van der Waals surface area (Å²) in [7, 11) is 0. The number of amides is 1. The van der Waals surface area contributed by atoms with Crippen LogP contribution in [-0.2, 0) is 6.18 Å². The Bertz CT molecular complexity index is 1260. The smallest absolute Gasteiger partial charge is 0.320 e. The van der Waals surface area contributed by atoms with Gasteiger partial charge in [-0.2, -0.15) is 18.3 Å². The van der Waals surface area contributed by atoms with Gasteiger partial charge < -0.3 is 5.32 Å². The Kier molecular flexibility index (Phi) is 4.79. The van der Waals surface area contributed by atoms with Crippen LogP contribution in [0.5, 0.6) is 0 Å². The van der Waals surface area contributed by atoms with Crippen molar-refractivity contribution in [1.82, 2.24) is 14.6 Å². The number of fused-ring (bicyclic) bond motifs is 1. The summed E-state index contributed by atoms with van der Waals surface area (Å²) >= 11 is 0. The summed E-state index contributed by atoms with van der Waals surface area (Å²) in [5, 5.41) is 28.3. The molecular formula is C18H13F3N6O5. The first-order chi connectivity index (χ1) is 15.0. The van der Waals surface area contributed by atoms with E-state index in [-0.39, 0.29) is 28.5 Å².